The zero-order chi connectivity index (χ0) is 16.7. The summed E-state index contributed by atoms with van der Waals surface area (Å²) in [4.78, 5) is 19.3. The summed E-state index contributed by atoms with van der Waals surface area (Å²) < 4.78 is 3.45. The van der Waals surface area contributed by atoms with E-state index >= 15 is 0 Å². The third-order valence-electron chi connectivity index (χ3n) is 4.62. The van der Waals surface area contributed by atoms with Gasteiger partial charge in [-0.25, -0.2) is 4.98 Å². The van der Waals surface area contributed by atoms with E-state index in [9.17, 15) is 4.79 Å². The molecule has 7 heteroatoms. The number of aromatic nitrogens is 3. The van der Waals surface area contributed by atoms with Crippen molar-refractivity contribution in [3.8, 4) is 6.07 Å². The van der Waals surface area contributed by atoms with E-state index in [1.54, 1.807) is 17.7 Å². The number of fused-ring (bicyclic) bond motifs is 1. The standard InChI is InChI=1S/C16H22N6O/c1-10-9-22(11(2)8-18-10)12-7-14(23)21(4)16-15(12)19-13(5-6-17)20(16)3/h7,10-11,18H,5,8-9H2,1-4H3/t10-,11+/m1/s1. The van der Waals surface area contributed by atoms with Crippen LogP contribution in [0.2, 0.25) is 0 Å². The second-order valence-electron chi connectivity index (χ2n) is 6.33. The van der Waals surface area contributed by atoms with Gasteiger partial charge in [0.2, 0.25) is 0 Å². The van der Waals surface area contributed by atoms with Crippen LogP contribution in [0.4, 0.5) is 5.69 Å². The number of nitrogens with one attached hydrogen (secondary N) is 1. The Hall–Kier alpha value is -2.33. The van der Waals surface area contributed by atoms with Crippen LogP contribution in [-0.4, -0.2) is 39.3 Å². The van der Waals surface area contributed by atoms with Crippen molar-refractivity contribution in [2.45, 2.75) is 32.4 Å². The molecule has 7 nitrogen and oxygen atoms in total. The van der Waals surface area contributed by atoms with Gasteiger partial charge in [-0.1, -0.05) is 0 Å². The molecule has 2 atom stereocenters. The summed E-state index contributed by atoms with van der Waals surface area (Å²) in [5.41, 5.74) is 2.36. The van der Waals surface area contributed by atoms with E-state index in [0.717, 1.165) is 29.9 Å². The molecule has 1 fully saturated rings. The number of rotatable bonds is 2. The molecule has 1 aliphatic rings. The normalized spacial score (nSPS) is 21.6. The second kappa shape index (κ2) is 5.70. The van der Waals surface area contributed by atoms with Crippen molar-refractivity contribution in [3.63, 3.8) is 0 Å². The molecule has 0 aromatic carbocycles. The van der Waals surface area contributed by atoms with Crippen molar-refractivity contribution in [1.82, 2.24) is 19.4 Å². The van der Waals surface area contributed by atoms with Crippen LogP contribution in [0.1, 0.15) is 19.7 Å². The van der Waals surface area contributed by atoms with E-state index in [4.69, 9.17) is 5.26 Å². The van der Waals surface area contributed by atoms with Gasteiger partial charge in [0, 0.05) is 45.3 Å². The third-order valence-corrected chi connectivity index (χ3v) is 4.62. The average Bonchev–Trinajstić information content (AvgIpc) is 2.83. The van der Waals surface area contributed by atoms with Crippen molar-refractivity contribution >= 4 is 16.9 Å². The van der Waals surface area contributed by atoms with Crippen LogP contribution >= 0.6 is 0 Å². The molecule has 3 rings (SSSR count). The molecule has 1 saturated heterocycles. The predicted molar refractivity (Wildman–Crippen MR) is 89.5 cm³/mol. The van der Waals surface area contributed by atoms with E-state index in [-0.39, 0.29) is 18.0 Å². The van der Waals surface area contributed by atoms with Gasteiger partial charge < -0.3 is 14.8 Å². The Bertz CT molecular complexity index is 843. The Kier molecular flexibility index (Phi) is 3.86. The zero-order valence-corrected chi connectivity index (χ0v) is 14.0. The molecule has 2 aromatic rings. The summed E-state index contributed by atoms with van der Waals surface area (Å²) in [6.45, 7) is 5.97. The van der Waals surface area contributed by atoms with Crippen molar-refractivity contribution in [2.75, 3.05) is 18.0 Å². The lowest BCUT2D eigenvalue weighted by atomic mass is 10.1. The largest absolute Gasteiger partial charge is 0.364 e. The molecule has 0 spiro atoms. The highest BCUT2D eigenvalue weighted by Gasteiger charge is 2.26. The Morgan fingerprint density at radius 2 is 2.13 bits per heavy atom. The number of nitrogens with zero attached hydrogens (tertiary/aromatic N) is 5. The molecule has 0 saturated carbocycles. The van der Waals surface area contributed by atoms with Crippen LogP contribution < -0.4 is 15.8 Å². The summed E-state index contributed by atoms with van der Waals surface area (Å²) in [6, 6.07) is 4.44. The Morgan fingerprint density at radius 1 is 1.39 bits per heavy atom. The number of piperazine rings is 1. The molecule has 3 heterocycles. The van der Waals surface area contributed by atoms with Gasteiger partial charge in [-0.3, -0.25) is 9.36 Å². The molecule has 1 N–H and O–H groups in total. The van der Waals surface area contributed by atoms with E-state index in [1.807, 2.05) is 11.6 Å². The highest BCUT2D eigenvalue weighted by Crippen LogP contribution is 2.27. The fourth-order valence-corrected chi connectivity index (χ4v) is 3.28. The van der Waals surface area contributed by atoms with Crippen molar-refractivity contribution in [3.05, 3.63) is 22.2 Å². The molecule has 1 aliphatic heterocycles. The predicted octanol–water partition coefficient (Wildman–Crippen LogP) is 0.525. The van der Waals surface area contributed by atoms with Crippen LogP contribution in [0.25, 0.3) is 11.2 Å². The summed E-state index contributed by atoms with van der Waals surface area (Å²) in [5.74, 6) is 0.681. The Labute approximate surface area is 135 Å². The fraction of sp³-hybridized carbons (Fsp3) is 0.562. The molecule has 23 heavy (non-hydrogen) atoms. The number of hydrogen-bond acceptors (Lipinski definition) is 5. The number of pyridine rings is 1. The average molecular weight is 314 g/mol. The Morgan fingerprint density at radius 3 is 2.83 bits per heavy atom. The molecular formula is C16H22N6O. The SMILES string of the molecule is C[C@@H]1CN(c2cc(=O)n(C)c3c2nc(CC#N)n3C)[C@@H](C)CN1. The smallest absolute Gasteiger partial charge is 0.254 e. The third kappa shape index (κ3) is 2.49. The molecule has 2 aromatic heterocycles. The monoisotopic (exact) mass is 314 g/mol. The van der Waals surface area contributed by atoms with Gasteiger partial charge >= 0.3 is 0 Å². The second-order valence-corrected chi connectivity index (χ2v) is 6.33. The summed E-state index contributed by atoms with van der Waals surface area (Å²) in [5, 5.41) is 12.4. The first-order valence-corrected chi connectivity index (χ1v) is 7.86. The topological polar surface area (TPSA) is 78.9 Å². The van der Waals surface area contributed by atoms with Gasteiger partial charge in [0.25, 0.3) is 5.56 Å². The highest BCUT2D eigenvalue weighted by atomic mass is 16.1. The van der Waals surface area contributed by atoms with Crippen LogP contribution in [0.5, 0.6) is 0 Å². The van der Waals surface area contributed by atoms with Gasteiger partial charge in [0.1, 0.15) is 17.0 Å². The highest BCUT2D eigenvalue weighted by molar-refractivity contribution is 5.87. The summed E-state index contributed by atoms with van der Waals surface area (Å²) >= 11 is 0. The van der Waals surface area contributed by atoms with Crippen LogP contribution in [0.3, 0.4) is 0 Å². The lowest BCUT2D eigenvalue weighted by Gasteiger charge is -2.39. The van der Waals surface area contributed by atoms with E-state index in [2.05, 4.69) is 35.1 Å². The molecule has 0 amide bonds. The molecule has 0 unspecified atom stereocenters. The van der Waals surface area contributed by atoms with Gasteiger partial charge in [-0.05, 0) is 13.8 Å². The summed E-state index contributed by atoms with van der Waals surface area (Å²) in [6.07, 6.45) is 0.228. The van der Waals surface area contributed by atoms with Crippen molar-refractivity contribution < 1.29 is 0 Å². The lowest BCUT2D eigenvalue weighted by Crippen LogP contribution is -2.54. The van der Waals surface area contributed by atoms with E-state index < -0.39 is 0 Å². The quantitative estimate of drug-likeness (QED) is 0.874. The number of anilines is 1. The molecule has 0 aliphatic carbocycles. The van der Waals surface area contributed by atoms with Gasteiger partial charge in [0.15, 0.2) is 0 Å². The van der Waals surface area contributed by atoms with Crippen LogP contribution in [-0.2, 0) is 20.5 Å². The Balaban J connectivity index is 2.25. The molecule has 122 valence electrons. The van der Waals surface area contributed by atoms with Crippen LogP contribution in [0, 0.1) is 11.3 Å². The van der Waals surface area contributed by atoms with Gasteiger partial charge in [0.05, 0.1) is 18.2 Å². The number of imidazole rings is 1. The fourth-order valence-electron chi connectivity index (χ4n) is 3.28. The molecular weight excluding hydrogens is 292 g/mol. The minimum Gasteiger partial charge on any atom is -0.364 e. The number of nitriles is 1. The first kappa shape index (κ1) is 15.6. The maximum absolute atomic E-state index is 12.4. The minimum absolute atomic E-state index is 0.0580. The van der Waals surface area contributed by atoms with Crippen LogP contribution in [0.15, 0.2) is 10.9 Å². The lowest BCUT2D eigenvalue weighted by molar-refractivity contribution is 0.425. The number of aryl methyl sites for hydroxylation is 2. The first-order chi connectivity index (χ1) is 10.9. The van der Waals surface area contributed by atoms with Gasteiger partial charge in [-0.15, -0.1) is 0 Å². The van der Waals surface area contributed by atoms with E-state index in [1.165, 1.54) is 0 Å². The first-order valence-electron chi connectivity index (χ1n) is 7.86. The van der Waals surface area contributed by atoms with Crippen molar-refractivity contribution in [2.24, 2.45) is 14.1 Å². The molecule has 0 radical (unpaired) electrons. The van der Waals surface area contributed by atoms with E-state index in [0.29, 0.717) is 11.9 Å². The van der Waals surface area contributed by atoms with Gasteiger partial charge in [-0.2, -0.15) is 5.26 Å². The minimum atomic E-state index is -0.0580. The molecule has 0 bridgehead atoms. The maximum Gasteiger partial charge on any atom is 0.254 e. The maximum atomic E-state index is 12.4. The van der Waals surface area contributed by atoms with Crippen molar-refractivity contribution in [1.29, 1.82) is 5.26 Å². The number of hydrogen-bond donors (Lipinski definition) is 1. The summed E-state index contributed by atoms with van der Waals surface area (Å²) in [7, 11) is 3.60. The zero-order valence-electron chi connectivity index (χ0n) is 14.0.